The van der Waals surface area contributed by atoms with Gasteiger partial charge in [0.1, 0.15) is 5.78 Å². The summed E-state index contributed by atoms with van der Waals surface area (Å²) >= 11 is 0. The molecule has 1 atom stereocenters. The van der Waals surface area contributed by atoms with E-state index in [-0.39, 0.29) is 11.7 Å². The third kappa shape index (κ3) is 3.17. The van der Waals surface area contributed by atoms with Crippen molar-refractivity contribution in [2.75, 3.05) is 0 Å². The maximum atomic E-state index is 11.7. The van der Waals surface area contributed by atoms with Crippen molar-refractivity contribution < 1.29 is 4.79 Å². The second-order valence-corrected chi connectivity index (χ2v) is 3.55. The summed E-state index contributed by atoms with van der Waals surface area (Å²) in [6.07, 6.45) is 3.11. The van der Waals surface area contributed by atoms with Crippen molar-refractivity contribution in [3.05, 3.63) is 48.6 Å². The average molecular weight is 188 g/mol. The quantitative estimate of drug-likeness (QED) is 0.649. The van der Waals surface area contributed by atoms with E-state index < -0.39 is 0 Å². The van der Waals surface area contributed by atoms with Crippen LogP contribution in [0.25, 0.3) is 0 Å². The number of Topliss-reactive ketones (excluding diaryl/α,β-unsaturated/α-hetero) is 1. The van der Waals surface area contributed by atoms with Gasteiger partial charge in [0.15, 0.2) is 0 Å². The van der Waals surface area contributed by atoms with Crippen molar-refractivity contribution in [2.45, 2.75) is 19.8 Å². The second-order valence-electron chi connectivity index (χ2n) is 3.55. The highest BCUT2D eigenvalue weighted by atomic mass is 16.1. The van der Waals surface area contributed by atoms with E-state index in [4.69, 9.17) is 0 Å². The normalized spacial score (nSPS) is 12.1. The second kappa shape index (κ2) is 5.38. The molecule has 1 rings (SSSR count). The highest BCUT2D eigenvalue weighted by molar-refractivity contribution is 5.83. The van der Waals surface area contributed by atoms with Gasteiger partial charge in [0.25, 0.3) is 0 Å². The topological polar surface area (TPSA) is 17.1 Å². The van der Waals surface area contributed by atoms with Gasteiger partial charge in [-0.3, -0.25) is 4.79 Å². The molecule has 74 valence electrons. The zero-order valence-corrected chi connectivity index (χ0v) is 8.57. The lowest BCUT2D eigenvalue weighted by molar-refractivity contribution is -0.121. The predicted octanol–water partition coefficient (Wildman–Crippen LogP) is 3.01. The summed E-state index contributed by atoms with van der Waals surface area (Å²) in [5.41, 5.74) is 1.09. The van der Waals surface area contributed by atoms with Crippen molar-refractivity contribution in [1.29, 1.82) is 0 Å². The molecule has 0 saturated carbocycles. The Balaban J connectivity index is 2.53. The zero-order valence-electron chi connectivity index (χ0n) is 8.57. The molecule has 0 fully saturated rings. The monoisotopic (exact) mass is 188 g/mol. The van der Waals surface area contributed by atoms with Crippen molar-refractivity contribution >= 4 is 5.78 Å². The molecule has 0 aromatic heterocycles. The van der Waals surface area contributed by atoms with Gasteiger partial charge in [-0.05, 0) is 12.0 Å². The van der Waals surface area contributed by atoms with Crippen LogP contribution < -0.4 is 0 Å². The van der Waals surface area contributed by atoms with Crippen LogP contribution in [0.1, 0.15) is 18.9 Å². The maximum Gasteiger partial charge on any atom is 0.140 e. The molecule has 1 aromatic carbocycles. The van der Waals surface area contributed by atoms with Crippen molar-refractivity contribution in [3.63, 3.8) is 0 Å². The number of carbonyl (C=O) groups excluding carboxylic acids is 1. The standard InChI is InChI=1S/C13H16O/c1-3-7-11(2)13(14)10-12-8-5-4-6-9-12/h3-6,8-9,11H,1,7,10H2,2H3/t11-/m0/s1. The molecule has 0 radical (unpaired) electrons. The van der Waals surface area contributed by atoms with Crippen LogP contribution in [0.15, 0.2) is 43.0 Å². The molecular formula is C13H16O. The molecular weight excluding hydrogens is 172 g/mol. The minimum atomic E-state index is 0.0905. The fraction of sp³-hybridized carbons (Fsp3) is 0.308. The third-order valence-corrected chi connectivity index (χ3v) is 2.29. The summed E-state index contributed by atoms with van der Waals surface area (Å²) in [4.78, 5) is 11.7. The van der Waals surface area contributed by atoms with Crippen LogP contribution in [0.3, 0.4) is 0 Å². The molecule has 0 unspecified atom stereocenters. The lowest BCUT2D eigenvalue weighted by atomic mass is 9.97. The molecule has 0 saturated heterocycles. The van der Waals surface area contributed by atoms with E-state index in [0.717, 1.165) is 12.0 Å². The van der Waals surface area contributed by atoms with Crippen LogP contribution in [-0.4, -0.2) is 5.78 Å². The summed E-state index contributed by atoms with van der Waals surface area (Å²) in [5, 5.41) is 0. The first-order valence-electron chi connectivity index (χ1n) is 4.91. The van der Waals surface area contributed by atoms with Crippen LogP contribution in [-0.2, 0) is 11.2 Å². The first-order chi connectivity index (χ1) is 6.74. The predicted molar refractivity (Wildman–Crippen MR) is 59.1 cm³/mol. The summed E-state index contributed by atoms with van der Waals surface area (Å²) in [6, 6.07) is 9.85. The van der Waals surface area contributed by atoms with Crippen molar-refractivity contribution in [1.82, 2.24) is 0 Å². The van der Waals surface area contributed by atoms with Crippen LogP contribution in [0.5, 0.6) is 0 Å². The summed E-state index contributed by atoms with van der Waals surface area (Å²) in [7, 11) is 0. The van der Waals surface area contributed by atoms with Gasteiger partial charge < -0.3 is 0 Å². The van der Waals surface area contributed by atoms with E-state index in [0.29, 0.717) is 6.42 Å². The Morgan fingerprint density at radius 2 is 2.07 bits per heavy atom. The molecule has 0 aliphatic carbocycles. The number of carbonyl (C=O) groups is 1. The first-order valence-corrected chi connectivity index (χ1v) is 4.91. The zero-order chi connectivity index (χ0) is 10.4. The van der Waals surface area contributed by atoms with Crippen LogP contribution in [0, 0.1) is 5.92 Å². The molecule has 1 aromatic rings. The van der Waals surface area contributed by atoms with Gasteiger partial charge in [0.05, 0.1) is 0 Å². The van der Waals surface area contributed by atoms with E-state index >= 15 is 0 Å². The van der Waals surface area contributed by atoms with Crippen LogP contribution in [0.2, 0.25) is 0 Å². The average Bonchev–Trinajstić information content (AvgIpc) is 2.19. The fourth-order valence-electron chi connectivity index (χ4n) is 1.35. The Morgan fingerprint density at radius 3 is 2.64 bits per heavy atom. The molecule has 14 heavy (non-hydrogen) atoms. The van der Waals surface area contributed by atoms with Gasteiger partial charge in [-0.2, -0.15) is 0 Å². The largest absolute Gasteiger partial charge is 0.299 e. The molecule has 0 amide bonds. The number of allylic oxidation sites excluding steroid dienone is 1. The van der Waals surface area contributed by atoms with Gasteiger partial charge in [-0.1, -0.05) is 43.3 Å². The van der Waals surface area contributed by atoms with Crippen molar-refractivity contribution in [2.24, 2.45) is 5.92 Å². The highest BCUT2D eigenvalue weighted by Gasteiger charge is 2.11. The Kier molecular flexibility index (Phi) is 4.11. The third-order valence-electron chi connectivity index (χ3n) is 2.29. The highest BCUT2D eigenvalue weighted by Crippen LogP contribution is 2.09. The molecule has 0 N–H and O–H groups in total. The summed E-state index contributed by atoms with van der Waals surface area (Å²) in [6.45, 7) is 5.59. The molecule has 1 heteroatoms. The van der Waals surface area contributed by atoms with Gasteiger partial charge >= 0.3 is 0 Å². The van der Waals surface area contributed by atoms with E-state index in [1.807, 2.05) is 37.3 Å². The van der Waals surface area contributed by atoms with Gasteiger partial charge in [-0.25, -0.2) is 0 Å². The Labute approximate surface area is 85.5 Å². The molecule has 1 nitrogen and oxygen atoms in total. The number of rotatable bonds is 5. The maximum absolute atomic E-state index is 11.7. The number of hydrogen-bond donors (Lipinski definition) is 0. The van der Waals surface area contributed by atoms with Gasteiger partial charge in [0.2, 0.25) is 0 Å². The summed E-state index contributed by atoms with van der Waals surface area (Å²) in [5.74, 6) is 0.379. The van der Waals surface area contributed by atoms with Crippen LogP contribution >= 0.6 is 0 Å². The number of hydrogen-bond acceptors (Lipinski definition) is 1. The van der Waals surface area contributed by atoms with E-state index in [2.05, 4.69) is 6.58 Å². The molecule has 0 bridgehead atoms. The van der Waals surface area contributed by atoms with E-state index in [1.54, 1.807) is 6.08 Å². The lowest BCUT2D eigenvalue weighted by Crippen LogP contribution is -2.12. The molecule has 0 aliphatic rings. The fourth-order valence-corrected chi connectivity index (χ4v) is 1.35. The number of ketones is 1. The van der Waals surface area contributed by atoms with Crippen molar-refractivity contribution in [3.8, 4) is 0 Å². The van der Waals surface area contributed by atoms with E-state index in [1.165, 1.54) is 0 Å². The van der Waals surface area contributed by atoms with Gasteiger partial charge in [0, 0.05) is 12.3 Å². The van der Waals surface area contributed by atoms with Crippen LogP contribution in [0.4, 0.5) is 0 Å². The Hall–Kier alpha value is -1.37. The molecule has 0 heterocycles. The van der Waals surface area contributed by atoms with E-state index in [9.17, 15) is 4.79 Å². The minimum absolute atomic E-state index is 0.0905. The SMILES string of the molecule is C=CC[C@H](C)C(=O)Cc1ccccc1. The lowest BCUT2D eigenvalue weighted by Gasteiger charge is -2.07. The molecule has 0 spiro atoms. The minimum Gasteiger partial charge on any atom is -0.299 e. The summed E-state index contributed by atoms with van der Waals surface area (Å²) < 4.78 is 0. The Morgan fingerprint density at radius 1 is 1.43 bits per heavy atom. The first kappa shape index (κ1) is 10.7. The molecule has 0 aliphatic heterocycles. The smallest absolute Gasteiger partial charge is 0.140 e. The number of benzene rings is 1. The van der Waals surface area contributed by atoms with Gasteiger partial charge in [-0.15, -0.1) is 6.58 Å². The Bertz CT molecular complexity index is 300.